The molecule has 0 aromatic heterocycles. The van der Waals surface area contributed by atoms with E-state index >= 15 is 0 Å². The Labute approximate surface area is 158 Å². The molecule has 1 amide bonds. The van der Waals surface area contributed by atoms with Crippen molar-refractivity contribution >= 4 is 21.4 Å². The normalized spacial score (nSPS) is 19.3. The average Bonchev–Trinajstić information content (AvgIpc) is 2.98. The minimum Gasteiger partial charge on any atom is -0.493 e. The zero-order valence-electron chi connectivity index (χ0n) is 15.6. The number of nitro benzene ring substituents is 1. The first-order valence-corrected chi connectivity index (χ1v) is 10.5. The third kappa shape index (κ3) is 5.09. The first kappa shape index (κ1) is 20.9. The van der Waals surface area contributed by atoms with Crippen molar-refractivity contribution in [2.45, 2.75) is 38.8 Å². The van der Waals surface area contributed by atoms with Gasteiger partial charge in [-0.25, -0.2) is 8.42 Å². The van der Waals surface area contributed by atoms with Gasteiger partial charge in [0.25, 0.3) is 11.6 Å². The highest BCUT2D eigenvalue weighted by molar-refractivity contribution is 7.91. The van der Waals surface area contributed by atoms with Gasteiger partial charge in [-0.2, -0.15) is 0 Å². The van der Waals surface area contributed by atoms with Gasteiger partial charge in [0.05, 0.1) is 29.6 Å². The number of non-ortho nitro benzene ring substituents is 1. The predicted molar refractivity (Wildman–Crippen MR) is 98.8 cm³/mol. The fraction of sp³-hybridized carbons (Fsp3) is 0.588. The molecule has 1 aliphatic rings. The molecular formula is C17H24N2O7S. The van der Waals surface area contributed by atoms with E-state index in [1.165, 1.54) is 25.3 Å². The van der Waals surface area contributed by atoms with Crippen molar-refractivity contribution in [2.75, 3.05) is 25.2 Å². The Morgan fingerprint density at radius 3 is 2.63 bits per heavy atom. The summed E-state index contributed by atoms with van der Waals surface area (Å²) in [5, 5.41) is 10.9. The summed E-state index contributed by atoms with van der Waals surface area (Å²) in [4.78, 5) is 24.7. The molecule has 0 spiro atoms. The van der Waals surface area contributed by atoms with Crippen molar-refractivity contribution in [2.24, 2.45) is 0 Å². The molecular weight excluding hydrogens is 376 g/mol. The van der Waals surface area contributed by atoms with E-state index in [-0.39, 0.29) is 53.3 Å². The van der Waals surface area contributed by atoms with Gasteiger partial charge in [-0.3, -0.25) is 14.9 Å². The number of rotatable bonds is 8. The van der Waals surface area contributed by atoms with Gasteiger partial charge >= 0.3 is 0 Å². The van der Waals surface area contributed by atoms with Gasteiger partial charge in [0.1, 0.15) is 0 Å². The second kappa shape index (κ2) is 8.55. The minimum absolute atomic E-state index is 0.0524. The van der Waals surface area contributed by atoms with Crippen molar-refractivity contribution in [3.8, 4) is 11.5 Å². The average molecular weight is 400 g/mol. The van der Waals surface area contributed by atoms with E-state index in [0.717, 1.165) is 0 Å². The zero-order chi connectivity index (χ0) is 20.2. The van der Waals surface area contributed by atoms with Crippen molar-refractivity contribution in [1.82, 2.24) is 4.90 Å². The number of carbonyl (C=O) groups is 1. The Morgan fingerprint density at radius 2 is 2.11 bits per heavy atom. The second-order valence-corrected chi connectivity index (χ2v) is 8.72. The van der Waals surface area contributed by atoms with Crippen LogP contribution in [0.2, 0.25) is 0 Å². The van der Waals surface area contributed by atoms with Crippen LogP contribution in [0.3, 0.4) is 0 Å². The molecule has 150 valence electrons. The highest BCUT2D eigenvalue weighted by Crippen LogP contribution is 2.31. The molecule has 1 aliphatic heterocycles. The third-order valence-electron chi connectivity index (χ3n) is 4.66. The van der Waals surface area contributed by atoms with Crippen LogP contribution >= 0.6 is 0 Å². The van der Waals surface area contributed by atoms with E-state index in [0.29, 0.717) is 12.8 Å². The molecule has 0 saturated carbocycles. The predicted octanol–water partition coefficient (Wildman–Crippen LogP) is 1.80. The molecule has 0 unspecified atom stereocenters. The summed E-state index contributed by atoms with van der Waals surface area (Å²) in [5.74, 6) is 0.0100. The summed E-state index contributed by atoms with van der Waals surface area (Å²) in [6.07, 6.45) is 1.07. The molecule has 27 heavy (non-hydrogen) atoms. The lowest BCUT2D eigenvalue weighted by Crippen LogP contribution is -2.48. The molecule has 0 radical (unpaired) electrons. The Hall–Kier alpha value is -2.36. The maximum absolute atomic E-state index is 12.8. The molecule has 2 rings (SSSR count). The number of ether oxygens (including phenoxy) is 2. The first-order valence-electron chi connectivity index (χ1n) is 8.65. The van der Waals surface area contributed by atoms with Crippen molar-refractivity contribution in [3.05, 3.63) is 28.3 Å². The maximum atomic E-state index is 12.8. The van der Waals surface area contributed by atoms with Gasteiger partial charge in [0.15, 0.2) is 27.9 Å². The number of nitrogens with zero attached hydrogens (tertiary/aromatic N) is 2. The molecule has 1 heterocycles. The van der Waals surface area contributed by atoms with Gasteiger partial charge in [0.2, 0.25) is 0 Å². The van der Waals surface area contributed by atoms with E-state index in [4.69, 9.17) is 9.47 Å². The lowest BCUT2D eigenvalue weighted by Gasteiger charge is -2.33. The van der Waals surface area contributed by atoms with Gasteiger partial charge in [-0.1, -0.05) is 6.92 Å². The summed E-state index contributed by atoms with van der Waals surface area (Å²) in [6.45, 7) is 3.41. The van der Waals surface area contributed by atoms with Crippen LogP contribution < -0.4 is 9.47 Å². The third-order valence-corrected chi connectivity index (χ3v) is 6.41. The fourth-order valence-corrected chi connectivity index (χ4v) is 4.82. The molecule has 1 saturated heterocycles. The highest BCUT2D eigenvalue weighted by Gasteiger charge is 2.36. The maximum Gasteiger partial charge on any atom is 0.273 e. The quantitative estimate of drug-likeness (QED) is 0.482. The zero-order valence-corrected chi connectivity index (χ0v) is 16.4. The van der Waals surface area contributed by atoms with Gasteiger partial charge < -0.3 is 14.4 Å². The standard InChI is InChI=1S/C17H24N2O7S/c1-4-12(2)18(14-7-8-27(23,24)11-14)17(20)10-26-16-9-13(19(21)22)5-6-15(16)25-3/h5-6,9,12,14H,4,7-8,10-11H2,1-3H3/t12-,14-/m1/s1. The molecule has 0 N–H and O–H groups in total. The molecule has 0 bridgehead atoms. The van der Waals surface area contributed by atoms with Crippen LogP contribution in [0.1, 0.15) is 26.7 Å². The number of carbonyl (C=O) groups excluding carboxylic acids is 1. The lowest BCUT2D eigenvalue weighted by atomic mass is 10.1. The topological polar surface area (TPSA) is 116 Å². The van der Waals surface area contributed by atoms with Crippen LogP contribution in [0, 0.1) is 10.1 Å². The van der Waals surface area contributed by atoms with Gasteiger partial charge in [0, 0.05) is 18.2 Å². The van der Waals surface area contributed by atoms with Crippen molar-refractivity contribution in [3.63, 3.8) is 0 Å². The SMILES string of the molecule is CC[C@@H](C)N(C(=O)COc1cc([N+](=O)[O-])ccc1OC)[C@@H]1CCS(=O)(=O)C1. The minimum atomic E-state index is -3.14. The van der Waals surface area contributed by atoms with E-state index in [9.17, 15) is 23.3 Å². The van der Waals surface area contributed by atoms with E-state index < -0.39 is 14.8 Å². The summed E-state index contributed by atoms with van der Waals surface area (Å²) in [6, 6.07) is 3.34. The lowest BCUT2D eigenvalue weighted by molar-refractivity contribution is -0.385. The van der Waals surface area contributed by atoms with E-state index in [1.54, 1.807) is 4.90 Å². The van der Waals surface area contributed by atoms with Crippen LogP contribution in [0.25, 0.3) is 0 Å². The molecule has 2 atom stereocenters. The van der Waals surface area contributed by atoms with Crippen LogP contribution in [0.4, 0.5) is 5.69 Å². The van der Waals surface area contributed by atoms with Crippen LogP contribution in [0.5, 0.6) is 11.5 Å². The largest absolute Gasteiger partial charge is 0.493 e. The molecule has 1 aromatic rings. The number of sulfone groups is 1. The number of methoxy groups -OCH3 is 1. The Bertz CT molecular complexity index is 809. The Balaban J connectivity index is 2.16. The monoisotopic (exact) mass is 400 g/mol. The smallest absolute Gasteiger partial charge is 0.273 e. The summed E-state index contributed by atoms with van der Waals surface area (Å²) in [5.41, 5.74) is -0.182. The number of benzene rings is 1. The van der Waals surface area contributed by atoms with Gasteiger partial charge in [-0.15, -0.1) is 0 Å². The van der Waals surface area contributed by atoms with E-state index in [1.807, 2.05) is 13.8 Å². The fourth-order valence-electron chi connectivity index (χ4n) is 3.11. The number of hydrogen-bond acceptors (Lipinski definition) is 7. The molecule has 1 fully saturated rings. The van der Waals surface area contributed by atoms with Crippen molar-refractivity contribution in [1.29, 1.82) is 0 Å². The summed E-state index contributed by atoms with van der Waals surface area (Å²) in [7, 11) is -1.74. The highest BCUT2D eigenvalue weighted by atomic mass is 32.2. The van der Waals surface area contributed by atoms with Crippen molar-refractivity contribution < 1.29 is 27.6 Å². The Kier molecular flexibility index (Phi) is 6.63. The summed E-state index contributed by atoms with van der Waals surface area (Å²) >= 11 is 0. The number of amides is 1. The Morgan fingerprint density at radius 1 is 1.41 bits per heavy atom. The molecule has 0 aliphatic carbocycles. The number of nitro groups is 1. The van der Waals surface area contributed by atoms with Crippen LogP contribution in [-0.2, 0) is 14.6 Å². The van der Waals surface area contributed by atoms with Gasteiger partial charge in [-0.05, 0) is 25.8 Å². The number of hydrogen-bond donors (Lipinski definition) is 0. The van der Waals surface area contributed by atoms with Crippen LogP contribution in [0.15, 0.2) is 18.2 Å². The van der Waals surface area contributed by atoms with E-state index in [2.05, 4.69) is 0 Å². The molecule has 1 aromatic carbocycles. The second-order valence-electron chi connectivity index (χ2n) is 6.50. The summed E-state index contributed by atoms with van der Waals surface area (Å²) < 4.78 is 34.2. The van der Waals surface area contributed by atoms with Crippen LogP contribution in [-0.4, -0.2) is 61.5 Å². The first-order chi connectivity index (χ1) is 12.7. The molecule has 10 heteroatoms. The molecule has 9 nitrogen and oxygen atoms in total.